The highest BCUT2D eigenvalue weighted by Gasteiger charge is 2.34. The third kappa shape index (κ3) is 7.02. The number of esters is 1. The van der Waals surface area contributed by atoms with Gasteiger partial charge in [0, 0.05) is 25.2 Å². The predicted molar refractivity (Wildman–Crippen MR) is 133 cm³/mol. The van der Waals surface area contributed by atoms with Crippen LogP contribution in [0.4, 0.5) is 0 Å². The minimum Gasteiger partial charge on any atom is -0.426 e. The number of carbonyl (C=O) groups excluding carboxylic acids is 2. The van der Waals surface area contributed by atoms with Crippen molar-refractivity contribution < 1.29 is 24.2 Å². The van der Waals surface area contributed by atoms with Crippen molar-refractivity contribution in [2.24, 2.45) is 5.41 Å². The number of aliphatic hydroxyl groups excluding tert-OH is 1. The first-order valence-corrected chi connectivity index (χ1v) is 11.9. The number of nitrogens with zero attached hydrogens (tertiary/aromatic N) is 1. The van der Waals surface area contributed by atoms with Crippen molar-refractivity contribution in [1.82, 2.24) is 14.9 Å². The van der Waals surface area contributed by atoms with Gasteiger partial charge in [0.1, 0.15) is 12.0 Å². The molecule has 2 heterocycles. The maximum Gasteiger partial charge on any atom is 0.330 e. The van der Waals surface area contributed by atoms with E-state index in [1.165, 1.54) is 22.9 Å². The number of rotatable bonds is 8. The van der Waals surface area contributed by atoms with Crippen LogP contribution in [0, 0.1) is 5.41 Å². The van der Waals surface area contributed by atoms with Crippen molar-refractivity contribution >= 4 is 18.0 Å². The van der Waals surface area contributed by atoms with Crippen LogP contribution in [0.2, 0.25) is 0 Å². The van der Waals surface area contributed by atoms with Gasteiger partial charge in [0.2, 0.25) is 5.91 Å². The van der Waals surface area contributed by atoms with E-state index in [9.17, 15) is 24.3 Å². The van der Waals surface area contributed by atoms with Crippen molar-refractivity contribution in [3.63, 3.8) is 0 Å². The van der Waals surface area contributed by atoms with Gasteiger partial charge in [0.05, 0.1) is 23.2 Å². The second-order valence-corrected chi connectivity index (χ2v) is 9.75. The number of hydrogen-bond acceptors (Lipinski definition) is 7. The lowest BCUT2D eigenvalue weighted by molar-refractivity contribution is -0.143. The average molecular weight is 500 g/mol. The van der Waals surface area contributed by atoms with Gasteiger partial charge in [-0.25, -0.2) is 4.79 Å². The molecule has 0 aliphatic carbocycles. The smallest absolute Gasteiger partial charge is 0.330 e. The number of aliphatic hydroxyl groups is 1. The number of aromatic amines is 1. The van der Waals surface area contributed by atoms with Gasteiger partial charge in [0.15, 0.2) is 0 Å². The minimum atomic E-state index is -0.696. The molecule has 3 rings (SSSR count). The lowest BCUT2D eigenvalue weighted by atomic mass is 9.97. The number of nitrogens with one attached hydrogen (secondary N) is 2. The molecule has 1 amide bonds. The molecule has 0 spiro atoms. The zero-order chi connectivity index (χ0) is 26.5. The summed E-state index contributed by atoms with van der Waals surface area (Å²) in [6, 6.07) is 7.05. The van der Waals surface area contributed by atoms with Gasteiger partial charge in [-0.05, 0) is 57.4 Å². The first kappa shape index (κ1) is 27.1. The molecular formula is C26H33N3O7. The van der Waals surface area contributed by atoms with Crippen LogP contribution in [0.5, 0.6) is 5.75 Å². The summed E-state index contributed by atoms with van der Waals surface area (Å²) in [6.45, 7) is 7.57. The van der Waals surface area contributed by atoms with Crippen LogP contribution in [0.25, 0.3) is 6.08 Å². The summed E-state index contributed by atoms with van der Waals surface area (Å²) >= 11 is 0. The lowest BCUT2D eigenvalue weighted by Crippen LogP contribution is -2.33. The molecule has 1 saturated heterocycles. The van der Waals surface area contributed by atoms with E-state index < -0.39 is 34.9 Å². The second kappa shape index (κ2) is 11.5. The summed E-state index contributed by atoms with van der Waals surface area (Å²) in [5, 5.41) is 12.8. The van der Waals surface area contributed by atoms with Crippen molar-refractivity contribution in [3.8, 4) is 5.75 Å². The molecule has 1 aliphatic heterocycles. The molecule has 0 radical (unpaired) electrons. The number of benzene rings is 1. The molecule has 1 aromatic carbocycles. The van der Waals surface area contributed by atoms with Crippen LogP contribution in [-0.2, 0) is 20.7 Å². The van der Waals surface area contributed by atoms with Crippen molar-refractivity contribution in [2.45, 2.75) is 65.4 Å². The van der Waals surface area contributed by atoms with Gasteiger partial charge in [-0.15, -0.1) is 0 Å². The van der Waals surface area contributed by atoms with Crippen LogP contribution in [0.1, 0.15) is 57.9 Å². The fraction of sp³-hybridized carbons (Fsp3) is 0.462. The van der Waals surface area contributed by atoms with Crippen molar-refractivity contribution in [1.29, 1.82) is 0 Å². The number of aromatic nitrogens is 2. The van der Waals surface area contributed by atoms with Gasteiger partial charge in [-0.2, -0.15) is 0 Å². The maximum atomic E-state index is 12.2. The van der Waals surface area contributed by atoms with Gasteiger partial charge < -0.3 is 19.9 Å². The molecule has 3 N–H and O–H groups in total. The average Bonchev–Trinajstić information content (AvgIpc) is 3.19. The standard InChI is InChI=1S/C26H33N3O7/c1-5-20-19(30)14-22(36-20)29-15-17(23(32)28-25(29)34)8-11-21(31)27-13-12-16-6-9-18(10-7-16)35-24(33)26(2,3)4/h6-11,15,19-20,22,30H,5,12-14H2,1-4H3,(H,27,31)(H,28,32,34)/b11-8+/t19-,20-,22-/m1/s1. The summed E-state index contributed by atoms with van der Waals surface area (Å²) in [5.74, 6) is -0.261. The Balaban J connectivity index is 1.54. The molecule has 10 heteroatoms. The number of ether oxygens (including phenoxy) is 2. The Bertz CT molecular complexity index is 1220. The summed E-state index contributed by atoms with van der Waals surface area (Å²) < 4.78 is 12.3. The van der Waals surface area contributed by atoms with E-state index in [1.54, 1.807) is 32.9 Å². The van der Waals surface area contributed by atoms with Crippen molar-refractivity contribution in [2.75, 3.05) is 6.54 Å². The molecule has 0 bridgehead atoms. The monoisotopic (exact) mass is 499 g/mol. The van der Waals surface area contributed by atoms with E-state index in [4.69, 9.17) is 9.47 Å². The van der Waals surface area contributed by atoms with E-state index in [0.29, 0.717) is 25.1 Å². The van der Waals surface area contributed by atoms with Crippen LogP contribution < -0.4 is 21.3 Å². The normalized spacial score (nSPS) is 20.0. The molecular weight excluding hydrogens is 466 g/mol. The third-order valence-corrected chi connectivity index (χ3v) is 5.79. The Kier molecular flexibility index (Phi) is 8.65. The molecule has 2 aromatic rings. The van der Waals surface area contributed by atoms with Crippen LogP contribution in [0.15, 0.2) is 46.1 Å². The number of carbonyl (C=O) groups is 2. The molecule has 3 atom stereocenters. The molecule has 1 fully saturated rings. The first-order chi connectivity index (χ1) is 17.0. The lowest BCUT2D eigenvalue weighted by Gasteiger charge is -2.16. The summed E-state index contributed by atoms with van der Waals surface area (Å²) in [4.78, 5) is 50.8. The molecule has 36 heavy (non-hydrogen) atoms. The van der Waals surface area contributed by atoms with E-state index in [0.717, 1.165) is 5.56 Å². The number of amides is 1. The SMILES string of the molecule is CC[C@H]1O[C@@H](n2cc(/C=C/C(=O)NCCc3ccc(OC(=O)C(C)(C)C)cc3)c(=O)[nH]c2=O)C[C@H]1O. The highest BCUT2D eigenvalue weighted by molar-refractivity contribution is 5.91. The molecule has 10 nitrogen and oxygen atoms in total. The highest BCUT2D eigenvalue weighted by atomic mass is 16.5. The minimum absolute atomic E-state index is 0.114. The summed E-state index contributed by atoms with van der Waals surface area (Å²) in [7, 11) is 0. The quantitative estimate of drug-likeness (QED) is 0.286. The van der Waals surface area contributed by atoms with E-state index in [2.05, 4.69) is 10.3 Å². The zero-order valence-electron chi connectivity index (χ0n) is 20.9. The predicted octanol–water partition coefficient (Wildman–Crippen LogP) is 1.92. The van der Waals surface area contributed by atoms with Gasteiger partial charge in [-0.3, -0.25) is 23.9 Å². The first-order valence-electron chi connectivity index (χ1n) is 11.9. The third-order valence-electron chi connectivity index (χ3n) is 5.79. The Hall–Kier alpha value is -3.50. The number of H-pyrrole nitrogens is 1. The molecule has 0 unspecified atom stereocenters. The largest absolute Gasteiger partial charge is 0.426 e. The molecule has 1 aliphatic rings. The summed E-state index contributed by atoms with van der Waals surface area (Å²) in [5.41, 5.74) is -0.803. The molecule has 1 aromatic heterocycles. The Morgan fingerprint density at radius 2 is 1.94 bits per heavy atom. The van der Waals surface area contributed by atoms with Gasteiger partial charge in [-0.1, -0.05) is 19.1 Å². The van der Waals surface area contributed by atoms with Crippen LogP contribution in [0.3, 0.4) is 0 Å². The maximum absolute atomic E-state index is 12.2. The Morgan fingerprint density at radius 3 is 2.56 bits per heavy atom. The Labute approximate surface area is 208 Å². The number of hydrogen-bond donors (Lipinski definition) is 3. The van der Waals surface area contributed by atoms with Crippen LogP contribution >= 0.6 is 0 Å². The van der Waals surface area contributed by atoms with E-state index in [1.807, 2.05) is 19.1 Å². The van der Waals surface area contributed by atoms with Gasteiger partial charge in [0.25, 0.3) is 5.56 Å². The molecule has 0 saturated carbocycles. The van der Waals surface area contributed by atoms with Crippen LogP contribution in [-0.4, -0.2) is 45.3 Å². The van der Waals surface area contributed by atoms with Crippen molar-refractivity contribution in [3.05, 3.63) is 68.5 Å². The Morgan fingerprint density at radius 1 is 1.25 bits per heavy atom. The molecule has 194 valence electrons. The topological polar surface area (TPSA) is 140 Å². The second-order valence-electron chi connectivity index (χ2n) is 9.75. The van der Waals surface area contributed by atoms with E-state index >= 15 is 0 Å². The summed E-state index contributed by atoms with van der Waals surface area (Å²) in [6.07, 6.45) is 3.47. The highest BCUT2D eigenvalue weighted by Crippen LogP contribution is 2.29. The fourth-order valence-electron chi connectivity index (χ4n) is 3.63. The zero-order valence-corrected chi connectivity index (χ0v) is 20.9. The fourth-order valence-corrected chi connectivity index (χ4v) is 3.63. The van der Waals surface area contributed by atoms with E-state index in [-0.39, 0.29) is 24.1 Å². The van der Waals surface area contributed by atoms with Gasteiger partial charge >= 0.3 is 11.7 Å².